The van der Waals surface area contributed by atoms with E-state index in [2.05, 4.69) is 21.7 Å². The van der Waals surface area contributed by atoms with Gasteiger partial charge in [0.1, 0.15) is 0 Å². The quantitative estimate of drug-likeness (QED) is 0.555. The summed E-state index contributed by atoms with van der Waals surface area (Å²) in [6.07, 6.45) is -2.87. The minimum Gasteiger partial charge on any atom is -0.308 e. The minimum atomic E-state index is -4.41. The van der Waals surface area contributed by atoms with Crippen molar-refractivity contribution in [3.8, 4) is 23.1 Å². The van der Waals surface area contributed by atoms with Gasteiger partial charge in [0, 0.05) is 31.3 Å². The van der Waals surface area contributed by atoms with Crippen molar-refractivity contribution in [3.05, 3.63) is 71.4 Å². The van der Waals surface area contributed by atoms with Gasteiger partial charge in [-0.05, 0) is 50.5 Å². The van der Waals surface area contributed by atoms with E-state index in [1.54, 1.807) is 23.9 Å². The van der Waals surface area contributed by atoms with E-state index in [1.807, 2.05) is 19.0 Å². The summed E-state index contributed by atoms with van der Waals surface area (Å²) in [5, 5.41) is 4.16. The van der Waals surface area contributed by atoms with Gasteiger partial charge in [-0.3, -0.25) is 4.68 Å². The zero-order valence-corrected chi connectivity index (χ0v) is 19.1. The van der Waals surface area contributed by atoms with E-state index in [4.69, 9.17) is 0 Å². The maximum atomic E-state index is 12.8. The average molecular weight is 477 g/mol. The van der Waals surface area contributed by atoms with Crippen LogP contribution in [0, 0.1) is 11.8 Å². The van der Waals surface area contributed by atoms with Crippen molar-refractivity contribution in [2.75, 3.05) is 27.2 Å². The first-order valence-corrected chi connectivity index (χ1v) is 11.4. The molecule has 0 spiro atoms. The molecular formula is C23H23F3N4O2S. The summed E-state index contributed by atoms with van der Waals surface area (Å²) in [5.41, 5.74) is 1.54. The van der Waals surface area contributed by atoms with Gasteiger partial charge in [-0.2, -0.15) is 18.3 Å². The van der Waals surface area contributed by atoms with E-state index in [1.165, 1.54) is 30.5 Å². The van der Waals surface area contributed by atoms with E-state index in [9.17, 15) is 21.6 Å². The number of halogens is 3. The summed E-state index contributed by atoms with van der Waals surface area (Å²) in [6.45, 7) is 0.875. The van der Waals surface area contributed by atoms with Crippen molar-refractivity contribution < 1.29 is 21.6 Å². The van der Waals surface area contributed by atoms with Gasteiger partial charge in [0.2, 0.25) is 10.0 Å². The van der Waals surface area contributed by atoms with Gasteiger partial charge in [-0.15, -0.1) is 0 Å². The first kappa shape index (κ1) is 24.5. The zero-order valence-electron chi connectivity index (χ0n) is 18.3. The minimum absolute atomic E-state index is 0.138. The summed E-state index contributed by atoms with van der Waals surface area (Å²) in [4.78, 5) is 2.01. The predicted molar refractivity (Wildman–Crippen MR) is 120 cm³/mol. The highest BCUT2D eigenvalue weighted by Crippen LogP contribution is 2.31. The Morgan fingerprint density at radius 3 is 2.24 bits per heavy atom. The number of sulfonamides is 1. The number of nitrogens with zero attached hydrogens (tertiary/aromatic N) is 3. The molecule has 1 N–H and O–H groups in total. The van der Waals surface area contributed by atoms with Gasteiger partial charge in [0.05, 0.1) is 27.9 Å². The highest BCUT2D eigenvalue weighted by molar-refractivity contribution is 7.89. The topological polar surface area (TPSA) is 67.2 Å². The van der Waals surface area contributed by atoms with Crippen molar-refractivity contribution in [1.82, 2.24) is 19.4 Å². The SMILES string of the molecule is CN(C)CCNS(=O)(=O)c1ccc(C#Cc2cnn(C)c2-c2ccc(C(F)(F)F)cc2)cc1. The molecule has 3 aromatic rings. The number of likely N-dealkylation sites (N-methyl/N-ethyl adjacent to an activating group) is 1. The molecule has 0 aliphatic rings. The largest absolute Gasteiger partial charge is 0.416 e. The molecule has 174 valence electrons. The summed E-state index contributed by atoms with van der Waals surface area (Å²) >= 11 is 0. The summed E-state index contributed by atoms with van der Waals surface area (Å²) in [7, 11) is 1.78. The van der Waals surface area contributed by atoms with Crippen LogP contribution in [0.5, 0.6) is 0 Å². The molecule has 33 heavy (non-hydrogen) atoms. The monoisotopic (exact) mass is 476 g/mol. The Kier molecular flexibility index (Phi) is 7.27. The van der Waals surface area contributed by atoms with E-state index in [0.29, 0.717) is 35.5 Å². The molecule has 0 radical (unpaired) electrons. The molecule has 0 amide bonds. The van der Waals surface area contributed by atoms with Crippen molar-refractivity contribution in [1.29, 1.82) is 0 Å². The lowest BCUT2D eigenvalue weighted by Gasteiger charge is -2.11. The van der Waals surface area contributed by atoms with Crippen LogP contribution >= 0.6 is 0 Å². The molecule has 0 aliphatic heterocycles. The van der Waals surface area contributed by atoms with Crippen LogP contribution in [0.4, 0.5) is 13.2 Å². The molecule has 0 saturated carbocycles. The number of benzene rings is 2. The van der Waals surface area contributed by atoms with E-state index in [-0.39, 0.29) is 4.90 Å². The Morgan fingerprint density at radius 2 is 1.67 bits per heavy atom. The van der Waals surface area contributed by atoms with Gasteiger partial charge in [-0.25, -0.2) is 13.1 Å². The first-order chi connectivity index (χ1) is 15.5. The Bertz CT molecular complexity index is 1270. The molecule has 2 aromatic carbocycles. The lowest BCUT2D eigenvalue weighted by Crippen LogP contribution is -2.31. The number of rotatable bonds is 6. The standard InChI is InChI=1S/C23H23F3N4O2S/c1-29(2)15-14-28-33(31,32)21-12-5-17(6-13-21)4-7-19-16-27-30(3)22(19)18-8-10-20(11-9-18)23(24,25)26/h5-6,8-13,16,28H,14-15H2,1-3H3. The highest BCUT2D eigenvalue weighted by atomic mass is 32.2. The Labute approximate surface area is 191 Å². The van der Waals surface area contributed by atoms with Crippen LogP contribution in [-0.2, 0) is 23.2 Å². The molecule has 0 saturated heterocycles. The molecule has 0 unspecified atom stereocenters. The van der Waals surface area contributed by atoms with Crippen LogP contribution in [0.2, 0.25) is 0 Å². The zero-order chi connectivity index (χ0) is 24.2. The third kappa shape index (κ3) is 6.22. The second-order valence-corrected chi connectivity index (χ2v) is 9.35. The Morgan fingerprint density at radius 1 is 1.03 bits per heavy atom. The van der Waals surface area contributed by atoms with Crippen molar-refractivity contribution >= 4 is 10.0 Å². The van der Waals surface area contributed by atoms with Crippen LogP contribution in [0.1, 0.15) is 16.7 Å². The second kappa shape index (κ2) is 9.79. The number of hydrogen-bond donors (Lipinski definition) is 1. The Hall–Kier alpha value is -3.13. The number of alkyl halides is 3. The number of hydrogen-bond acceptors (Lipinski definition) is 4. The van der Waals surface area contributed by atoms with E-state index in [0.717, 1.165) is 12.1 Å². The molecule has 0 fully saturated rings. The maximum Gasteiger partial charge on any atom is 0.416 e. The lowest BCUT2D eigenvalue weighted by atomic mass is 10.1. The van der Waals surface area contributed by atoms with E-state index >= 15 is 0 Å². The van der Waals surface area contributed by atoms with Crippen molar-refractivity contribution in [2.45, 2.75) is 11.1 Å². The fraction of sp³-hybridized carbons (Fsp3) is 0.261. The van der Waals surface area contributed by atoms with Crippen LogP contribution < -0.4 is 4.72 Å². The van der Waals surface area contributed by atoms with Gasteiger partial charge in [-0.1, -0.05) is 24.0 Å². The molecule has 10 heteroatoms. The van der Waals surface area contributed by atoms with Gasteiger partial charge < -0.3 is 4.90 Å². The highest BCUT2D eigenvalue weighted by Gasteiger charge is 2.30. The van der Waals surface area contributed by atoms with Gasteiger partial charge >= 0.3 is 6.18 Å². The molecule has 1 aromatic heterocycles. The fourth-order valence-corrected chi connectivity index (χ4v) is 4.05. The molecule has 3 rings (SSSR count). The van der Waals surface area contributed by atoms with Crippen LogP contribution in [0.15, 0.2) is 59.6 Å². The summed E-state index contributed by atoms with van der Waals surface area (Å²) in [5.74, 6) is 5.92. The maximum absolute atomic E-state index is 12.8. The van der Waals surface area contributed by atoms with Crippen LogP contribution in [-0.4, -0.2) is 50.3 Å². The molecule has 0 aliphatic carbocycles. The van der Waals surface area contributed by atoms with Gasteiger partial charge in [0.15, 0.2) is 0 Å². The molecule has 0 atom stereocenters. The van der Waals surface area contributed by atoms with Crippen molar-refractivity contribution in [2.24, 2.45) is 7.05 Å². The average Bonchev–Trinajstić information content (AvgIpc) is 3.12. The second-order valence-electron chi connectivity index (χ2n) is 7.58. The Balaban J connectivity index is 1.80. The van der Waals surface area contributed by atoms with Crippen molar-refractivity contribution in [3.63, 3.8) is 0 Å². The first-order valence-electron chi connectivity index (χ1n) is 9.93. The third-order valence-corrected chi connectivity index (χ3v) is 6.26. The number of nitrogens with one attached hydrogen (secondary N) is 1. The molecule has 0 bridgehead atoms. The lowest BCUT2D eigenvalue weighted by molar-refractivity contribution is -0.137. The number of aromatic nitrogens is 2. The number of aryl methyl sites for hydroxylation is 1. The molecule has 6 nitrogen and oxygen atoms in total. The van der Waals surface area contributed by atoms with Crippen LogP contribution in [0.25, 0.3) is 11.3 Å². The molecular weight excluding hydrogens is 453 g/mol. The van der Waals surface area contributed by atoms with Crippen LogP contribution in [0.3, 0.4) is 0 Å². The third-order valence-electron chi connectivity index (χ3n) is 4.78. The summed E-state index contributed by atoms with van der Waals surface area (Å²) < 4.78 is 67.3. The predicted octanol–water partition coefficient (Wildman–Crippen LogP) is 3.35. The molecule has 1 heterocycles. The fourth-order valence-electron chi connectivity index (χ4n) is 3.03. The smallest absolute Gasteiger partial charge is 0.308 e. The van der Waals surface area contributed by atoms with E-state index < -0.39 is 21.8 Å². The normalized spacial score (nSPS) is 12.0. The van der Waals surface area contributed by atoms with Gasteiger partial charge in [0.25, 0.3) is 0 Å². The summed E-state index contributed by atoms with van der Waals surface area (Å²) in [6, 6.07) is 11.0.